The molecule has 0 radical (unpaired) electrons. The van der Waals surface area contributed by atoms with Gasteiger partial charge in [0.05, 0.1) is 0 Å². The van der Waals surface area contributed by atoms with Crippen molar-refractivity contribution in [2.75, 3.05) is 11.5 Å². The molecule has 74 valence electrons. The van der Waals surface area contributed by atoms with E-state index in [0.29, 0.717) is 0 Å². The number of thiol groups is 2. The summed E-state index contributed by atoms with van der Waals surface area (Å²) in [6.45, 7) is 2.27. The van der Waals surface area contributed by atoms with Gasteiger partial charge in [0.1, 0.15) is 0 Å². The Labute approximate surface area is 100 Å². The molecule has 12 heavy (non-hydrogen) atoms. The Morgan fingerprint density at radius 3 is 2.50 bits per heavy atom. The first-order valence-corrected chi connectivity index (χ1v) is 10.1. The minimum absolute atomic E-state index is 0.838. The van der Waals surface area contributed by atoms with Crippen molar-refractivity contribution in [1.29, 1.82) is 0 Å². The topological polar surface area (TPSA) is 0 Å². The van der Waals surface area contributed by atoms with Gasteiger partial charge < -0.3 is 0 Å². The fraction of sp³-hybridized carbons (Fsp3) is 1.00. The number of hydrogen-bond donors (Lipinski definition) is 2. The standard InChI is InChI=1S/C8H18S2Se2/c1-2-4-12-8(6-10)7-11-5-3-9/h8-10H,2-7H2,1H3. The Hall–Kier alpha value is 1.74. The van der Waals surface area contributed by atoms with Crippen molar-refractivity contribution in [2.45, 2.75) is 34.1 Å². The summed E-state index contributed by atoms with van der Waals surface area (Å²) in [6.07, 6.45) is 1.35. The van der Waals surface area contributed by atoms with E-state index in [-0.39, 0.29) is 0 Å². The van der Waals surface area contributed by atoms with Gasteiger partial charge in [0, 0.05) is 0 Å². The van der Waals surface area contributed by atoms with E-state index in [1.807, 2.05) is 0 Å². The summed E-state index contributed by atoms with van der Waals surface area (Å²) in [7, 11) is 0. The van der Waals surface area contributed by atoms with Crippen LogP contribution < -0.4 is 0 Å². The average Bonchev–Trinajstić information content (AvgIpc) is 2.11. The summed E-state index contributed by atoms with van der Waals surface area (Å²) in [5.74, 6) is 2.17. The van der Waals surface area contributed by atoms with E-state index in [1.54, 1.807) is 0 Å². The van der Waals surface area contributed by atoms with Crippen LogP contribution in [0.1, 0.15) is 13.3 Å². The van der Waals surface area contributed by atoms with E-state index in [2.05, 4.69) is 32.2 Å². The molecule has 0 aliphatic rings. The molecule has 0 heterocycles. The van der Waals surface area contributed by atoms with Crippen LogP contribution in [-0.2, 0) is 0 Å². The zero-order valence-corrected chi connectivity index (χ0v) is 12.7. The molecule has 0 N–H and O–H groups in total. The van der Waals surface area contributed by atoms with E-state index in [0.717, 1.165) is 46.2 Å². The Morgan fingerprint density at radius 1 is 1.25 bits per heavy atom. The van der Waals surface area contributed by atoms with Gasteiger partial charge in [0.15, 0.2) is 0 Å². The molecule has 0 aliphatic carbocycles. The second-order valence-electron chi connectivity index (χ2n) is 2.47. The molecule has 1 atom stereocenters. The first kappa shape index (κ1) is 13.7. The Kier molecular flexibility index (Phi) is 12.4. The van der Waals surface area contributed by atoms with Crippen LogP contribution in [0.25, 0.3) is 0 Å². The Balaban J connectivity index is 3.26. The van der Waals surface area contributed by atoms with E-state index in [9.17, 15) is 0 Å². The second-order valence-corrected chi connectivity index (χ2v) is 8.65. The van der Waals surface area contributed by atoms with Crippen LogP contribution >= 0.6 is 25.3 Å². The number of hydrogen-bond acceptors (Lipinski definition) is 2. The first-order chi connectivity index (χ1) is 5.85. The summed E-state index contributed by atoms with van der Waals surface area (Å²) in [5.41, 5.74) is 0. The van der Waals surface area contributed by atoms with Crippen molar-refractivity contribution < 1.29 is 0 Å². The zero-order valence-electron chi connectivity index (χ0n) is 7.53. The van der Waals surface area contributed by atoms with Crippen LogP contribution in [0.2, 0.25) is 20.8 Å². The molecular weight excluding hydrogens is 318 g/mol. The van der Waals surface area contributed by atoms with Gasteiger partial charge in [-0.15, -0.1) is 0 Å². The van der Waals surface area contributed by atoms with Gasteiger partial charge in [-0.25, -0.2) is 0 Å². The molecule has 0 aromatic rings. The van der Waals surface area contributed by atoms with Crippen LogP contribution in [0.3, 0.4) is 0 Å². The molecule has 1 unspecified atom stereocenters. The van der Waals surface area contributed by atoms with Crippen LogP contribution in [0.4, 0.5) is 0 Å². The van der Waals surface area contributed by atoms with Crippen LogP contribution in [-0.4, -0.2) is 41.4 Å². The normalized spacial score (nSPS) is 13.2. The van der Waals surface area contributed by atoms with Crippen molar-refractivity contribution in [2.24, 2.45) is 0 Å². The van der Waals surface area contributed by atoms with Gasteiger partial charge in [-0.1, -0.05) is 0 Å². The van der Waals surface area contributed by atoms with E-state index in [4.69, 9.17) is 0 Å². The van der Waals surface area contributed by atoms with Crippen LogP contribution in [0.15, 0.2) is 0 Å². The van der Waals surface area contributed by atoms with Crippen molar-refractivity contribution in [1.82, 2.24) is 0 Å². The van der Waals surface area contributed by atoms with E-state index >= 15 is 0 Å². The van der Waals surface area contributed by atoms with Crippen LogP contribution in [0, 0.1) is 0 Å². The number of rotatable bonds is 8. The van der Waals surface area contributed by atoms with Gasteiger partial charge in [0.2, 0.25) is 0 Å². The maximum atomic E-state index is 4.40. The third kappa shape index (κ3) is 8.34. The molecule has 0 aromatic heterocycles. The Morgan fingerprint density at radius 2 is 2.00 bits per heavy atom. The molecule has 0 aliphatic heterocycles. The molecule has 0 fully saturated rings. The molecule has 0 spiro atoms. The Bertz CT molecular complexity index is 91.1. The quantitative estimate of drug-likeness (QED) is 0.380. The minimum atomic E-state index is 0.838. The molecular formula is C8H18S2Se2. The summed E-state index contributed by atoms with van der Waals surface area (Å²) in [5, 5.41) is 4.22. The second kappa shape index (κ2) is 10.8. The molecule has 4 heteroatoms. The fourth-order valence-corrected chi connectivity index (χ4v) is 7.59. The predicted molar refractivity (Wildman–Crippen MR) is 67.7 cm³/mol. The predicted octanol–water partition coefficient (Wildman–Crippen LogP) is 2.71. The molecule has 0 saturated heterocycles. The maximum absolute atomic E-state index is 4.40. The van der Waals surface area contributed by atoms with E-state index in [1.165, 1.54) is 22.4 Å². The van der Waals surface area contributed by atoms with Gasteiger partial charge in [-0.05, 0) is 0 Å². The average molecular weight is 336 g/mol. The van der Waals surface area contributed by atoms with Gasteiger partial charge >= 0.3 is 101 Å². The summed E-state index contributed by atoms with van der Waals surface area (Å²) in [4.78, 5) is 0.945. The van der Waals surface area contributed by atoms with Crippen molar-refractivity contribution >= 4 is 55.2 Å². The molecule has 0 bridgehead atoms. The third-order valence-electron chi connectivity index (χ3n) is 1.30. The van der Waals surface area contributed by atoms with Crippen LogP contribution in [0.5, 0.6) is 0 Å². The third-order valence-corrected chi connectivity index (χ3v) is 9.68. The van der Waals surface area contributed by atoms with Crippen molar-refractivity contribution in [3.8, 4) is 0 Å². The molecule has 0 nitrogen and oxygen atoms in total. The van der Waals surface area contributed by atoms with Gasteiger partial charge in [-0.3, -0.25) is 0 Å². The van der Waals surface area contributed by atoms with E-state index < -0.39 is 0 Å². The molecule has 0 amide bonds. The zero-order chi connectivity index (χ0) is 9.23. The van der Waals surface area contributed by atoms with Gasteiger partial charge in [0.25, 0.3) is 0 Å². The SMILES string of the molecule is CCC[Se]C(CS)C[Se]CCS. The first-order valence-electron chi connectivity index (χ1n) is 4.26. The summed E-state index contributed by atoms with van der Waals surface area (Å²) in [6, 6.07) is 0. The molecule has 0 rings (SSSR count). The van der Waals surface area contributed by atoms with Gasteiger partial charge in [-0.2, -0.15) is 0 Å². The summed E-state index contributed by atoms with van der Waals surface area (Å²) >= 11 is 10.3. The van der Waals surface area contributed by atoms with Crippen molar-refractivity contribution in [3.05, 3.63) is 0 Å². The molecule has 0 aromatic carbocycles. The molecule has 0 saturated carbocycles. The monoisotopic (exact) mass is 338 g/mol. The fourth-order valence-electron chi connectivity index (χ4n) is 0.717. The summed E-state index contributed by atoms with van der Waals surface area (Å²) < 4.78 is 0. The van der Waals surface area contributed by atoms with Crippen molar-refractivity contribution in [3.63, 3.8) is 0 Å².